The molecule has 1 aliphatic rings. The molecule has 0 atom stereocenters. The Morgan fingerprint density at radius 1 is 1.23 bits per heavy atom. The van der Waals surface area contributed by atoms with Gasteiger partial charge in [0.2, 0.25) is 0 Å². The molecular formula is C11H14BrN. The molecule has 0 heterocycles. The third-order valence-corrected chi connectivity index (χ3v) is 3.25. The third-order valence-electron chi connectivity index (χ3n) is 2.72. The Kier molecular flexibility index (Phi) is 2.43. The Morgan fingerprint density at radius 2 is 1.85 bits per heavy atom. The van der Waals surface area contributed by atoms with Crippen LogP contribution in [-0.2, 0) is 6.42 Å². The van der Waals surface area contributed by atoms with Crippen molar-refractivity contribution in [2.75, 3.05) is 0 Å². The highest BCUT2D eigenvalue weighted by molar-refractivity contribution is 9.10. The van der Waals surface area contributed by atoms with E-state index < -0.39 is 0 Å². The number of benzene rings is 1. The molecule has 13 heavy (non-hydrogen) atoms. The van der Waals surface area contributed by atoms with E-state index in [0.29, 0.717) is 0 Å². The lowest BCUT2D eigenvalue weighted by Gasteiger charge is -2.07. The minimum atomic E-state index is 0.188. The minimum absolute atomic E-state index is 0.188. The van der Waals surface area contributed by atoms with Gasteiger partial charge in [-0.25, -0.2) is 0 Å². The van der Waals surface area contributed by atoms with E-state index in [1.807, 2.05) is 0 Å². The van der Waals surface area contributed by atoms with Crippen LogP contribution in [0.5, 0.6) is 0 Å². The standard InChI is InChI=1S/C11H14BrN/c12-10-3-1-9(2-4-10)5-6-11(13)7-8-11/h1-4H,5-8,13H2. The van der Waals surface area contributed by atoms with E-state index in [-0.39, 0.29) is 5.54 Å². The van der Waals surface area contributed by atoms with Crippen molar-refractivity contribution in [3.63, 3.8) is 0 Å². The smallest absolute Gasteiger partial charge is 0.0175 e. The van der Waals surface area contributed by atoms with Crippen LogP contribution in [0.15, 0.2) is 28.7 Å². The highest BCUT2D eigenvalue weighted by Crippen LogP contribution is 2.36. The van der Waals surface area contributed by atoms with Gasteiger partial charge in [-0.1, -0.05) is 28.1 Å². The summed E-state index contributed by atoms with van der Waals surface area (Å²) in [7, 11) is 0. The molecule has 2 heteroatoms. The van der Waals surface area contributed by atoms with Gasteiger partial charge in [-0.2, -0.15) is 0 Å². The second kappa shape index (κ2) is 3.43. The van der Waals surface area contributed by atoms with Crippen molar-refractivity contribution in [3.8, 4) is 0 Å². The summed E-state index contributed by atoms with van der Waals surface area (Å²) in [6.45, 7) is 0. The molecular weight excluding hydrogens is 226 g/mol. The summed E-state index contributed by atoms with van der Waals surface area (Å²) in [5.74, 6) is 0. The fraction of sp³-hybridized carbons (Fsp3) is 0.455. The van der Waals surface area contributed by atoms with Crippen molar-refractivity contribution >= 4 is 15.9 Å². The topological polar surface area (TPSA) is 26.0 Å². The molecule has 0 bridgehead atoms. The maximum atomic E-state index is 6.02. The average molecular weight is 240 g/mol. The number of nitrogens with two attached hydrogens (primary N) is 1. The van der Waals surface area contributed by atoms with Gasteiger partial charge in [0.05, 0.1) is 0 Å². The lowest BCUT2D eigenvalue weighted by Crippen LogP contribution is -2.21. The summed E-state index contributed by atoms with van der Waals surface area (Å²) in [6.07, 6.45) is 4.67. The molecule has 2 rings (SSSR count). The molecule has 2 N–H and O–H groups in total. The second-order valence-electron chi connectivity index (χ2n) is 3.99. The van der Waals surface area contributed by atoms with Crippen LogP contribution >= 0.6 is 15.9 Å². The Morgan fingerprint density at radius 3 is 2.38 bits per heavy atom. The van der Waals surface area contributed by atoms with Gasteiger partial charge in [-0.3, -0.25) is 0 Å². The van der Waals surface area contributed by atoms with Crippen LogP contribution in [0.3, 0.4) is 0 Å². The highest BCUT2D eigenvalue weighted by atomic mass is 79.9. The normalized spacial score (nSPS) is 18.6. The lowest BCUT2D eigenvalue weighted by molar-refractivity contribution is 0.609. The zero-order valence-electron chi connectivity index (χ0n) is 7.59. The fourth-order valence-corrected chi connectivity index (χ4v) is 1.72. The first kappa shape index (κ1) is 9.22. The molecule has 1 nitrogen and oxygen atoms in total. The predicted octanol–water partition coefficient (Wildman–Crippen LogP) is 2.87. The van der Waals surface area contributed by atoms with Crippen molar-refractivity contribution in [2.45, 2.75) is 31.2 Å². The van der Waals surface area contributed by atoms with Gasteiger partial charge in [0, 0.05) is 10.0 Å². The molecule has 0 aromatic heterocycles. The van der Waals surface area contributed by atoms with Gasteiger partial charge < -0.3 is 5.73 Å². The second-order valence-corrected chi connectivity index (χ2v) is 4.90. The van der Waals surface area contributed by atoms with Gasteiger partial charge in [-0.05, 0) is 43.4 Å². The Hall–Kier alpha value is -0.340. The van der Waals surface area contributed by atoms with Crippen molar-refractivity contribution in [1.29, 1.82) is 0 Å². The monoisotopic (exact) mass is 239 g/mol. The van der Waals surface area contributed by atoms with Crippen molar-refractivity contribution in [2.24, 2.45) is 5.73 Å². The number of hydrogen-bond acceptors (Lipinski definition) is 1. The van der Waals surface area contributed by atoms with Crippen molar-refractivity contribution in [3.05, 3.63) is 34.3 Å². The zero-order chi connectivity index (χ0) is 9.31. The fourth-order valence-electron chi connectivity index (χ4n) is 1.45. The van der Waals surface area contributed by atoms with E-state index in [9.17, 15) is 0 Å². The molecule has 0 saturated heterocycles. The van der Waals surface area contributed by atoms with Crippen LogP contribution < -0.4 is 5.73 Å². The summed E-state index contributed by atoms with van der Waals surface area (Å²) in [5, 5.41) is 0. The first-order chi connectivity index (χ1) is 6.18. The molecule has 1 saturated carbocycles. The molecule has 70 valence electrons. The van der Waals surface area contributed by atoms with E-state index in [1.54, 1.807) is 0 Å². The van der Waals surface area contributed by atoms with Gasteiger partial charge >= 0.3 is 0 Å². The quantitative estimate of drug-likeness (QED) is 0.863. The van der Waals surface area contributed by atoms with Crippen LogP contribution in [0.1, 0.15) is 24.8 Å². The number of halogens is 1. The van der Waals surface area contributed by atoms with Gasteiger partial charge in [0.25, 0.3) is 0 Å². The predicted molar refractivity (Wildman–Crippen MR) is 58.6 cm³/mol. The van der Waals surface area contributed by atoms with Gasteiger partial charge in [-0.15, -0.1) is 0 Å². The van der Waals surface area contributed by atoms with Gasteiger partial charge in [0.1, 0.15) is 0 Å². The maximum Gasteiger partial charge on any atom is 0.0175 e. The van der Waals surface area contributed by atoms with Crippen molar-refractivity contribution in [1.82, 2.24) is 0 Å². The van der Waals surface area contributed by atoms with E-state index >= 15 is 0 Å². The van der Waals surface area contributed by atoms with Crippen molar-refractivity contribution < 1.29 is 0 Å². The van der Waals surface area contributed by atoms with E-state index in [2.05, 4.69) is 40.2 Å². The molecule has 0 spiro atoms. The van der Waals surface area contributed by atoms with Crippen LogP contribution in [0.25, 0.3) is 0 Å². The molecule has 1 aromatic rings. The van der Waals surface area contributed by atoms with Gasteiger partial charge in [0.15, 0.2) is 0 Å². The van der Waals surface area contributed by atoms with Crippen LogP contribution in [0.4, 0.5) is 0 Å². The lowest BCUT2D eigenvalue weighted by atomic mass is 10.0. The first-order valence-electron chi connectivity index (χ1n) is 4.71. The summed E-state index contributed by atoms with van der Waals surface area (Å²) >= 11 is 3.42. The molecule has 0 unspecified atom stereocenters. The molecule has 1 fully saturated rings. The molecule has 1 aliphatic carbocycles. The zero-order valence-corrected chi connectivity index (χ0v) is 9.18. The number of hydrogen-bond donors (Lipinski definition) is 1. The Balaban J connectivity index is 1.91. The summed E-state index contributed by atoms with van der Waals surface area (Å²) < 4.78 is 1.14. The van der Waals surface area contributed by atoms with Crippen LogP contribution in [0.2, 0.25) is 0 Å². The van der Waals surface area contributed by atoms with E-state index in [4.69, 9.17) is 5.73 Å². The molecule has 1 aromatic carbocycles. The molecule has 0 amide bonds. The molecule has 0 radical (unpaired) electrons. The summed E-state index contributed by atoms with van der Waals surface area (Å²) in [5.41, 5.74) is 7.59. The summed E-state index contributed by atoms with van der Waals surface area (Å²) in [4.78, 5) is 0. The number of rotatable bonds is 3. The third kappa shape index (κ3) is 2.55. The Labute approximate surface area is 87.5 Å². The maximum absolute atomic E-state index is 6.02. The average Bonchev–Trinajstić information content (AvgIpc) is 2.84. The molecule has 0 aliphatic heterocycles. The summed E-state index contributed by atoms with van der Waals surface area (Å²) in [6, 6.07) is 8.50. The van der Waals surface area contributed by atoms with E-state index in [0.717, 1.165) is 17.3 Å². The van der Waals surface area contributed by atoms with Crippen LogP contribution in [-0.4, -0.2) is 5.54 Å². The SMILES string of the molecule is NC1(CCc2ccc(Br)cc2)CC1. The number of aryl methyl sites for hydroxylation is 1. The van der Waals surface area contributed by atoms with E-state index in [1.165, 1.54) is 18.4 Å². The Bertz CT molecular complexity index is 287. The minimum Gasteiger partial charge on any atom is -0.325 e. The first-order valence-corrected chi connectivity index (χ1v) is 5.51. The van der Waals surface area contributed by atoms with Crippen LogP contribution in [0, 0.1) is 0 Å². The largest absolute Gasteiger partial charge is 0.325 e. The highest BCUT2D eigenvalue weighted by Gasteiger charge is 2.37.